The highest BCUT2D eigenvalue weighted by atomic mass is 15.0. The van der Waals surface area contributed by atoms with E-state index in [4.69, 9.17) is 19.2 Å². The van der Waals surface area contributed by atoms with Crippen LogP contribution in [-0.4, -0.2) is 9.13 Å². The largest absolute Gasteiger partial charge is 0.309 e. The molecule has 2 heterocycles. The maximum Gasteiger partial charge on any atom is 0.0645 e. The Balaban J connectivity index is 1.45. The molecule has 0 aliphatic heterocycles. The van der Waals surface area contributed by atoms with Crippen LogP contribution in [0.2, 0.25) is 0 Å². The minimum absolute atomic E-state index is 0.141. The smallest absolute Gasteiger partial charge is 0.0645 e. The van der Waals surface area contributed by atoms with Gasteiger partial charge < -0.3 is 9.13 Å². The van der Waals surface area contributed by atoms with Gasteiger partial charge in [-0.15, -0.1) is 0 Å². The first-order valence-corrected chi connectivity index (χ1v) is 14.0. The number of para-hydroxylation sites is 4. The molecule has 9 rings (SSSR count). The molecule has 0 unspecified atom stereocenters. The lowest BCUT2D eigenvalue weighted by Gasteiger charge is -2.19. The van der Waals surface area contributed by atoms with Crippen molar-refractivity contribution in [1.82, 2.24) is 9.13 Å². The van der Waals surface area contributed by atoms with Gasteiger partial charge in [-0.3, -0.25) is 0 Å². The van der Waals surface area contributed by atoms with Crippen LogP contribution < -0.4 is 0 Å². The molecule has 206 valence electrons. The Morgan fingerprint density at radius 3 is 1.61 bits per heavy atom. The second-order valence-corrected chi connectivity index (χ2v) is 10.3. The van der Waals surface area contributed by atoms with E-state index in [1.807, 2.05) is 48.5 Å². The van der Waals surface area contributed by atoms with Crippen molar-refractivity contribution in [1.29, 1.82) is 0 Å². The Morgan fingerprint density at radius 2 is 0.932 bits per heavy atom. The van der Waals surface area contributed by atoms with Crippen molar-refractivity contribution in [2.24, 2.45) is 0 Å². The average Bonchev–Trinajstić information content (AvgIpc) is 3.75. The van der Waals surface area contributed by atoms with E-state index in [9.17, 15) is 0 Å². The van der Waals surface area contributed by atoms with Gasteiger partial charge in [-0.1, -0.05) is 133 Å². The SMILES string of the molecule is [2H]c1c([2H])c([2H])c(-c2cccc(-c3c([2H])c([2H])c([2H])c([2H])c3[2H])c2-n2c3ccccc3c3cc(-n4c5ccccc5c5c([2H])c([2H])c([2H])c([2H])c54)ccc32)c([2H])c1[2H]. The fraction of sp³-hybridized carbons (Fsp3) is 0. The zero-order chi connectivity index (χ0) is 41.2. The van der Waals surface area contributed by atoms with Crippen LogP contribution in [0.1, 0.15) is 19.2 Å². The monoisotopic (exact) mass is 574 g/mol. The second kappa shape index (κ2) is 9.86. The standard InChI is InChI=1S/C42H28N2/c1-3-14-29(15-4-1)32-21-13-22-33(30-16-5-2-6-17-30)42(32)44-40-25-12-9-20-36(40)37-28-31(26-27-41(37)44)43-38-23-10-7-18-34(38)35-19-8-11-24-39(35)43/h1-28H/i1D,2D,3D,4D,5D,6D,7D,10D,14D,15D,16D,17D,18D,23D. The quantitative estimate of drug-likeness (QED) is 0.198. The summed E-state index contributed by atoms with van der Waals surface area (Å²) in [5.41, 5.74) is 2.93. The predicted octanol–water partition coefficient (Wildman–Crippen LogP) is 11.2. The van der Waals surface area contributed by atoms with Crippen LogP contribution in [0.15, 0.2) is 170 Å². The van der Waals surface area contributed by atoms with Gasteiger partial charge in [0, 0.05) is 38.4 Å². The lowest BCUT2D eigenvalue weighted by Crippen LogP contribution is -2.01. The molecule has 0 bridgehead atoms. The molecular formula is C42H28N2. The van der Waals surface area contributed by atoms with Crippen molar-refractivity contribution >= 4 is 43.6 Å². The van der Waals surface area contributed by atoms with Gasteiger partial charge in [0.15, 0.2) is 0 Å². The number of benzene rings is 7. The van der Waals surface area contributed by atoms with Gasteiger partial charge in [-0.25, -0.2) is 0 Å². The molecule has 0 saturated carbocycles. The van der Waals surface area contributed by atoms with Crippen molar-refractivity contribution in [2.75, 3.05) is 0 Å². The molecule has 7 aromatic carbocycles. The Bertz CT molecular complexity index is 3150. The van der Waals surface area contributed by atoms with Gasteiger partial charge in [0.05, 0.1) is 46.9 Å². The van der Waals surface area contributed by atoms with Crippen molar-refractivity contribution in [3.63, 3.8) is 0 Å². The number of fused-ring (bicyclic) bond motifs is 6. The molecule has 0 fully saturated rings. The molecule has 44 heavy (non-hydrogen) atoms. The van der Waals surface area contributed by atoms with Crippen molar-refractivity contribution in [3.8, 4) is 33.6 Å². The molecule has 0 aliphatic rings. The molecule has 0 spiro atoms. The van der Waals surface area contributed by atoms with Gasteiger partial charge in [0.1, 0.15) is 0 Å². The third-order valence-electron chi connectivity index (χ3n) is 8.02. The average molecular weight is 575 g/mol. The number of hydrogen-bond acceptors (Lipinski definition) is 0. The van der Waals surface area contributed by atoms with E-state index in [-0.39, 0.29) is 52.1 Å². The molecule has 0 atom stereocenters. The zero-order valence-corrected chi connectivity index (χ0v) is 23.0. The predicted molar refractivity (Wildman–Crippen MR) is 186 cm³/mol. The first-order chi connectivity index (χ1) is 27.7. The van der Waals surface area contributed by atoms with Crippen LogP contribution in [0.25, 0.3) is 77.2 Å². The van der Waals surface area contributed by atoms with E-state index >= 15 is 0 Å². The van der Waals surface area contributed by atoms with E-state index in [0.29, 0.717) is 49.3 Å². The minimum Gasteiger partial charge on any atom is -0.309 e. The van der Waals surface area contributed by atoms with Crippen LogP contribution in [-0.2, 0) is 0 Å². The maximum atomic E-state index is 8.98. The highest BCUT2D eigenvalue weighted by Crippen LogP contribution is 2.42. The van der Waals surface area contributed by atoms with Crippen LogP contribution >= 0.6 is 0 Å². The molecule has 2 aromatic heterocycles. The molecule has 0 amide bonds. The summed E-state index contributed by atoms with van der Waals surface area (Å²) in [7, 11) is 0. The lowest BCUT2D eigenvalue weighted by molar-refractivity contribution is 1.17. The molecule has 2 nitrogen and oxygen atoms in total. The van der Waals surface area contributed by atoms with Gasteiger partial charge in [-0.05, 0) is 47.5 Å². The molecule has 2 heteroatoms. The van der Waals surface area contributed by atoms with Crippen LogP contribution in [0, 0.1) is 0 Å². The van der Waals surface area contributed by atoms with Crippen molar-refractivity contribution in [3.05, 3.63) is 170 Å². The first-order valence-electron chi connectivity index (χ1n) is 21.0. The van der Waals surface area contributed by atoms with Gasteiger partial charge in [-0.2, -0.15) is 0 Å². The van der Waals surface area contributed by atoms with E-state index < -0.39 is 60.4 Å². The third kappa shape index (κ3) is 3.68. The van der Waals surface area contributed by atoms with Crippen LogP contribution in [0.4, 0.5) is 0 Å². The van der Waals surface area contributed by atoms with Crippen LogP contribution in [0.5, 0.6) is 0 Å². The minimum atomic E-state index is -0.582. The summed E-state index contributed by atoms with van der Waals surface area (Å²) in [6, 6.07) is 18.5. The number of rotatable bonds is 4. The van der Waals surface area contributed by atoms with Crippen molar-refractivity contribution in [2.45, 2.75) is 0 Å². The van der Waals surface area contributed by atoms with E-state index in [1.165, 1.54) is 0 Å². The molecule has 0 N–H and O–H groups in total. The summed E-state index contributed by atoms with van der Waals surface area (Å²) >= 11 is 0. The van der Waals surface area contributed by atoms with E-state index in [1.54, 1.807) is 45.5 Å². The third-order valence-corrected chi connectivity index (χ3v) is 8.02. The Hall–Kier alpha value is -5.86. The molecule has 9 aromatic rings. The van der Waals surface area contributed by atoms with E-state index in [0.717, 1.165) is 0 Å². The summed E-state index contributed by atoms with van der Waals surface area (Å²) in [6.07, 6.45) is 0. The summed E-state index contributed by atoms with van der Waals surface area (Å²) in [4.78, 5) is 0. The normalized spacial score (nSPS) is 16.1. The van der Waals surface area contributed by atoms with Crippen molar-refractivity contribution < 1.29 is 19.2 Å². The summed E-state index contributed by atoms with van der Waals surface area (Å²) in [5, 5.41) is 2.40. The first kappa shape index (κ1) is 14.5. The Labute approximate surface area is 275 Å². The Kier molecular flexibility index (Phi) is 3.26. The highest BCUT2D eigenvalue weighted by molar-refractivity contribution is 6.13. The lowest BCUT2D eigenvalue weighted by atomic mass is 9.95. The number of nitrogens with zero attached hydrogens (tertiary/aromatic N) is 2. The van der Waals surface area contributed by atoms with Gasteiger partial charge in [0.2, 0.25) is 0 Å². The van der Waals surface area contributed by atoms with Gasteiger partial charge >= 0.3 is 0 Å². The topological polar surface area (TPSA) is 9.86 Å². The summed E-state index contributed by atoms with van der Waals surface area (Å²) in [5.74, 6) is 0. The molecule has 0 aliphatic carbocycles. The molecule has 0 saturated heterocycles. The molecule has 0 radical (unpaired) electrons. The Morgan fingerprint density at radius 1 is 0.386 bits per heavy atom. The maximum absolute atomic E-state index is 8.98. The van der Waals surface area contributed by atoms with E-state index in [2.05, 4.69) is 0 Å². The second-order valence-electron chi connectivity index (χ2n) is 10.3. The fourth-order valence-electron chi connectivity index (χ4n) is 6.24. The highest BCUT2D eigenvalue weighted by Gasteiger charge is 2.20. The number of hydrogen-bond donors (Lipinski definition) is 0. The molecular weight excluding hydrogens is 532 g/mol. The summed E-state index contributed by atoms with van der Waals surface area (Å²) in [6.45, 7) is 0. The van der Waals surface area contributed by atoms with Gasteiger partial charge in [0.25, 0.3) is 0 Å². The van der Waals surface area contributed by atoms with Crippen LogP contribution in [0.3, 0.4) is 0 Å². The summed E-state index contributed by atoms with van der Waals surface area (Å²) < 4.78 is 125. The fourth-order valence-corrected chi connectivity index (χ4v) is 6.24. The number of aromatic nitrogens is 2. The zero-order valence-electron chi connectivity index (χ0n) is 37.0.